The Labute approximate surface area is 57.0 Å². The Bertz CT molecular complexity index is 30.9. The van der Waals surface area contributed by atoms with Gasteiger partial charge in [-0.3, -0.25) is 0 Å². The average Bonchev–Trinajstić information content (AvgIpc) is 1.35. The molecule has 4 N–H and O–H groups in total. The first-order valence-electron chi connectivity index (χ1n) is 2.22. The molecule has 0 aromatic carbocycles. The maximum absolute atomic E-state index is 3.21. The van der Waals surface area contributed by atoms with Crippen molar-refractivity contribution in [3.63, 3.8) is 0 Å². The van der Waals surface area contributed by atoms with Crippen LogP contribution < -0.4 is 11.5 Å². The van der Waals surface area contributed by atoms with Gasteiger partial charge in [-0.25, -0.2) is 0 Å². The molecule has 1 unspecified atom stereocenters. The summed E-state index contributed by atoms with van der Waals surface area (Å²) in [6, 6.07) is 0. The second-order valence-electron chi connectivity index (χ2n) is 1.28. The summed E-state index contributed by atoms with van der Waals surface area (Å²) >= 11 is 2.14. The molecule has 0 aliphatic rings. The summed E-state index contributed by atoms with van der Waals surface area (Å²) in [5.41, 5.74) is 0. The van der Waals surface area contributed by atoms with Gasteiger partial charge in [-0.1, -0.05) is 0 Å². The van der Waals surface area contributed by atoms with E-state index < -0.39 is 0 Å². The third kappa shape index (κ3) is 10.8. The molecular weight excluding hydrogens is 124 g/mol. The van der Waals surface area contributed by atoms with E-state index in [4.69, 9.17) is 0 Å². The number of rotatable bonds is 2. The van der Waals surface area contributed by atoms with Crippen LogP contribution in [0.4, 0.5) is 0 Å². The number of hydrogen-bond acceptors (Lipinski definition) is 2. The quantitative estimate of drug-likeness (QED) is 0.549. The SMILES string of the molecule is CCN[CH](C)[Ti].N. The van der Waals surface area contributed by atoms with Gasteiger partial charge in [0.15, 0.2) is 0 Å². The van der Waals surface area contributed by atoms with Gasteiger partial charge < -0.3 is 6.15 Å². The van der Waals surface area contributed by atoms with Gasteiger partial charge in [-0.2, -0.15) is 0 Å². The monoisotopic (exact) mass is 137 g/mol. The molecule has 2 nitrogen and oxygen atoms in total. The Balaban J connectivity index is 0. The van der Waals surface area contributed by atoms with Crippen molar-refractivity contribution in [2.45, 2.75) is 18.2 Å². The first-order chi connectivity index (χ1) is 2.77. The normalized spacial score (nSPS) is 12.1. The van der Waals surface area contributed by atoms with E-state index in [2.05, 4.69) is 39.6 Å². The van der Waals surface area contributed by atoms with Gasteiger partial charge in [-0.05, 0) is 0 Å². The van der Waals surface area contributed by atoms with Crippen molar-refractivity contribution < 1.29 is 20.4 Å². The second-order valence-corrected chi connectivity index (χ2v) is 2.63. The molecule has 1 atom stereocenters. The fourth-order valence-corrected chi connectivity index (χ4v) is 0.625. The van der Waals surface area contributed by atoms with Crippen molar-refractivity contribution in [1.82, 2.24) is 11.5 Å². The van der Waals surface area contributed by atoms with Gasteiger partial charge in [0.05, 0.1) is 0 Å². The zero-order chi connectivity index (χ0) is 4.99. The minimum absolute atomic E-state index is 0. The van der Waals surface area contributed by atoms with Gasteiger partial charge in [0.1, 0.15) is 0 Å². The maximum Gasteiger partial charge on any atom is -0.344 e. The smallest absolute Gasteiger partial charge is 0.344 e. The summed E-state index contributed by atoms with van der Waals surface area (Å²) < 4.78 is 0.648. The van der Waals surface area contributed by atoms with Crippen molar-refractivity contribution in [3.05, 3.63) is 0 Å². The molecule has 0 aromatic heterocycles. The van der Waals surface area contributed by atoms with E-state index >= 15 is 0 Å². The first-order valence-corrected chi connectivity index (χ1v) is 3.12. The van der Waals surface area contributed by atoms with Crippen LogP contribution in [0.3, 0.4) is 0 Å². The molecule has 43 valence electrons. The summed E-state index contributed by atoms with van der Waals surface area (Å²) in [5.74, 6) is 0. The maximum atomic E-state index is 3.21. The minimum Gasteiger partial charge on any atom is -0.344 e. The zero-order valence-electron chi connectivity index (χ0n) is 4.99. The molecule has 0 spiro atoms. The molecule has 7 heavy (non-hydrogen) atoms. The Morgan fingerprint density at radius 2 is 2.14 bits per heavy atom. The molecule has 0 rings (SSSR count). The average molecular weight is 137 g/mol. The van der Waals surface area contributed by atoms with E-state index in [9.17, 15) is 0 Å². The van der Waals surface area contributed by atoms with Crippen LogP contribution in [0.2, 0.25) is 0 Å². The number of nitrogens with one attached hydrogen (secondary N) is 1. The fraction of sp³-hybridized carbons (Fsp3) is 1.00. The topological polar surface area (TPSA) is 47.0 Å². The van der Waals surface area contributed by atoms with Crippen molar-refractivity contribution in [1.29, 1.82) is 0 Å². The summed E-state index contributed by atoms with van der Waals surface area (Å²) in [4.78, 5) is 0. The largest absolute Gasteiger partial charge is 0.344 e. The molecule has 0 aliphatic carbocycles. The van der Waals surface area contributed by atoms with Crippen LogP contribution in [-0.2, 0) is 20.4 Å². The molecule has 0 saturated heterocycles. The Kier molecular flexibility index (Phi) is 10.0. The number of hydrogen-bond donors (Lipinski definition) is 2. The molecule has 0 amide bonds. The fourth-order valence-electron chi connectivity index (χ4n) is 0.306. The molecule has 0 heterocycles. The predicted octanol–water partition coefficient (Wildman–Crippen LogP) is 0.651. The van der Waals surface area contributed by atoms with Crippen LogP contribution in [0.25, 0.3) is 0 Å². The summed E-state index contributed by atoms with van der Waals surface area (Å²) in [6.07, 6.45) is 0. The third-order valence-corrected chi connectivity index (χ3v) is 0.829. The van der Waals surface area contributed by atoms with Crippen molar-refractivity contribution in [3.8, 4) is 0 Å². The van der Waals surface area contributed by atoms with E-state index in [1.165, 1.54) is 0 Å². The Morgan fingerprint density at radius 1 is 1.71 bits per heavy atom. The summed E-state index contributed by atoms with van der Waals surface area (Å²) in [6.45, 7) is 5.33. The Morgan fingerprint density at radius 3 is 2.14 bits per heavy atom. The summed E-state index contributed by atoms with van der Waals surface area (Å²) in [5, 5.41) is 3.21. The van der Waals surface area contributed by atoms with Crippen molar-refractivity contribution in [2.75, 3.05) is 6.54 Å². The van der Waals surface area contributed by atoms with Gasteiger partial charge in [0, 0.05) is 0 Å². The van der Waals surface area contributed by atoms with Gasteiger partial charge in [0.25, 0.3) is 0 Å². The zero-order valence-corrected chi connectivity index (χ0v) is 6.55. The second kappa shape index (κ2) is 6.63. The van der Waals surface area contributed by atoms with Crippen LogP contribution in [0.5, 0.6) is 0 Å². The van der Waals surface area contributed by atoms with Crippen LogP contribution in [-0.4, -0.2) is 10.9 Å². The van der Waals surface area contributed by atoms with Crippen LogP contribution in [0.15, 0.2) is 0 Å². The van der Waals surface area contributed by atoms with Gasteiger partial charge in [-0.15, -0.1) is 0 Å². The molecular formula is C4H13N2Ti. The van der Waals surface area contributed by atoms with E-state index in [-0.39, 0.29) is 6.15 Å². The Hall–Kier alpha value is 0.634. The standard InChI is InChI=1S/C4H10N.H3N.Ti/c1-3-5-4-2;;/h3,5H,4H2,1-2H3;1H3;. The molecule has 0 aliphatic heterocycles. The molecule has 0 radical (unpaired) electrons. The van der Waals surface area contributed by atoms with E-state index in [1.54, 1.807) is 0 Å². The molecule has 0 fully saturated rings. The van der Waals surface area contributed by atoms with Gasteiger partial charge in [0.2, 0.25) is 0 Å². The van der Waals surface area contributed by atoms with Gasteiger partial charge >= 0.3 is 50.5 Å². The van der Waals surface area contributed by atoms with Crippen LogP contribution >= 0.6 is 0 Å². The molecule has 0 saturated carbocycles. The van der Waals surface area contributed by atoms with Crippen molar-refractivity contribution >= 4 is 0 Å². The molecule has 3 heteroatoms. The van der Waals surface area contributed by atoms with Crippen LogP contribution in [0, 0.1) is 0 Å². The molecule has 0 aromatic rings. The van der Waals surface area contributed by atoms with E-state index in [1.807, 2.05) is 0 Å². The van der Waals surface area contributed by atoms with E-state index in [0.29, 0.717) is 4.35 Å². The molecule has 0 bridgehead atoms. The summed E-state index contributed by atoms with van der Waals surface area (Å²) in [7, 11) is 0. The first kappa shape index (κ1) is 10.6. The minimum atomic E-state index is 0. The third-order valence-electron chi connectivity index (χ3n) is 0.510. The van der Waals surface area contributed by atoms with Crippen molar-refractivity contribution in [2.24, 2.45) is 0 Å². The van der Waals surface area contributed by atoms with Crippen LogP contribution in [0.1, 0.15) is 13.8 Å². The predicted molar refractivity (Wildman–Crippen MR) is 28.2 cm³/mol. The van der Waals surface area contributed by atoms with E-state index in [0.717, 1.165) is 6.54 Å².